The molecule has 0 aliphatic heterocycles. The molecule has 74 valence electrons. The van der Waals surface area contributed by atoms with Crippen LogP contribution in [-0.4, -0.2) is 26.1 Å². The molecule has 2 heterocycles. The fourth-order valence-electron chi connectivity index (χ4n) is 1.17. The third-order valence-corrected chi connectivity index (χ3v) is 2.22. The van der Waals surface area contributed by atoms with Crippen molar-refractivity contribution in [3.63, 3.8) is 0 Å². The molecule has 0 aromatic carbocycles. The second-order valence-corrected chi connectivity index (χ2v) is 3.85. The summed E-state index contributed by atoms with van der Waals surface area (Å²) >= 11 is 3.32. The van der Waals surface area contributed by atoms with E-state index in [0.717, 1.165) is 23.1 Å². The van der Waals surface area contributed by atoms with E-state index in [4.69, 9.17) is 5.73 Å². The van der Waals surface area contributed by atoms with Crippen molar-refractivity contribution < 1.29 is 0 Å². The molecule has 0 atom stereocenters. The molecule has 6 heteroatoms. The van der Waals surface area contributed by atoms with Crippen molar-refractivity contribution in [3.8, 4) is 0 Å². The lowest BCUT2D eigenvalue weighted by Crippen LogP contribution is -2.01. The Balaban J connectivity index is 2.32. The largest absolute Gasteiger partial charge is 0.330 e. The van der Waals surface area contributed by atoms with Crippen LogP contribution in [0.3, 0.4) is 0 Å². The lowest BCUT2D eigenvalue weighted by Gasteiger charge is -1.89. The van der Waals surface area contributed by atoms with Gasteiger partial charge in [0, 0.05) is 18.8 Å². The Labute approximate surface area is 89.5 Å². The smallest absolute Gasteiger partial charge is 0.252 e. The summed E-state index contributed by atoms with van der Waals surface area (Å²) in [6.07, 6.45) is 5.24. The van der Waals surface area contributed by atoms with Gasteiger partial charge in [-0.15, -0.1) is 5.10 Å². The summed E-state index contributed by atoms with van der Waals surface area (Å²) < 4.78 is 2.55. The van der Waals surface area contributed by atoms with Gasteiger partial charge in [0.1, 0.15) is 0 Å². The van der Waals surface area contributed by atoms with E-state index in [9.17, 15) is 0 Å². The van der Waals surface area contributed by atoms with Crippen LogP contribution in [0.15, 0.2) is 16.9 Å². The van der Waals surface area contributed by atoms with Crippen molar-refractivity contribution in [2.24, 2.45) is 5.73 Å². The van der Waals surface area contributed by atoms with E-state index in [-0.39, 0.29) is 0 Å². The van der Waals surface area contributed by atoms with Crippen LogP contribution in [0.25, 0.3) is 5.78 Å². The molecule has 2 rings (SSSR count). The summed E-state index contributed by atoms with van der Waals surface area (Å²) in [4.78, 5) is 8.38. The number of nitrogens with zero attached hydrogens (tertiary/aromatic N) is 4. The maximum Gasteiger partial charge on any atom is 0.252 e. The maximum absolute atomic E-state index is 5.41. The topological polar surface area (TPSA) is 69.1 Å². The van der Waals surface area contributed by atoms with Gasteiger partial charge in [-0.1, -0.05) is 0 Å². The van der Waals surface area contributed by atoms with Crippen LogP contribution in [0.5, 0.6) is 0 Å². The fourth-order valence-corrected chi connectivity index (χ4v) is 1.46. The third kappa shape index (κ3) is 1.91. The van der Waals surface area contributed by atoms with Crippen LogP contribution in [0.1, 0.15) is 12.2 Å². The molecule has 0 spiro atoms. The zero-order chi connectivity index (χ0) is 9.97. The highest BCUT2D eigenvalue weighted by molar-refractivity contribution is 9.10. The van der Waals surface area contributed by atoms with Crippen LogP contribution in [-0.2, 0) is 6.42 Å². The van der Waals surface area contributed by atoms with E-state index < -0.39 is 0 Å². The van der Waals surface area contributed by atoms with Crippen molar-refractivity contribution in [3.05, 3.63) is 22.7 Å². The van der Waals surface area contributed by atoms with Gasteiger partial charge in [0.2, 0.25) is 0 Å². The first-order chi connectivity index (χ1) is 6.79. The Morgan fingerprint density at radius 2 is 2.36 bits per heavy atom. The van der Waals surface area contributed by atoms with Crippen LogP contribution in [0, 0.1) is 0 Å². The van der Waals surface area contributed by atoms with Gasteiger partial charge in [-0.3, -0.25) is 0 Å². The average molecular weight is 256 g/mol. The molecule has 2 aromatic heterocycles. The zero-order valence-electron chi connectivity index (χ0n) is 7.52. The second-order valence-electron chi connectivity index (χ2n) is 2.94. The maximum atomic E-state index is 5.41. The van der Waals surface area contributed by atoms with Crippen molar-refractivity contribution in [1.82, 2.24) is 19.6 Å². The molecule has 5 nitrogen and oxygen atoms in total. The Morgan fingerprint density at radius 1 is 1.50 bits per heavy atom. The molecule has 0 radical (unpaired) electrons. The first kappa shape index (κ1) is 9.54. The van der Waals surface area contributed by atoms with Crippen molar-refractivity contribution in [2.45, 2.75) is 12.8 Å². The normalized spacial score (nSPS) is 11.0. The Hall–Kier alpha value is -1.01. The van der Waals surface area contributed by atoms with Crippen molar-refractivity contribution in [2.75, 3.05) is 6.54 Å². The van der Waals surface area contributed by atoms with Crippen LogP contribution in [0.4, 0.5) is 0 Å². The van der Waals surface area contributed by atoms with Gasteiger partial charge >= 0.3 is 0 Å². The van der Waals surface area contributed by atoms with Gasteiger partial charge in [0.05, 0.1) is 4.47 Å². The van der Waals surface area contributed by atoms with Crippen molar-refractivity contribution >= 4 is 21.7 Å². The molecule has 0 aliphatic rings. The molecule has 0 fully saturated rings. The van der Waals surface area contributed by atoms with Crippen LogP contribution >= 0.6 is 15.9 Å². The van der Waals surface area contributed by atoms with Crippen molar-refractivity contribution in [1.29, 1.82) is 0 Å². The molecular weight excluding hydrogens is 246 g/mol. The van der Waals surface area contributed by atoms with E-state index in [0.29, 0.717) is 12.3 Å². The second kappa shape index (κ2) is 4.02. The predicted octanol–water partition coefficient (Wildman–Crippen LogP) is 0.778. The number of nitrogens with two attached hydrogens (primary N) is 1. The standard InChI is InChI=1S/C8H10BrN5/c9-6-4-11-8-12-7(2-1-3-10)13-14(8)5-6/h4-5H,1-3,10H2. The highest BCUT2D eigenvalue weighted by atomic mass is 79.9. The average Bonchev–Trinajstić information content (AvgIpc) is 2.56. The first-order valence-electron chi connectivity index (χ1n) is 4.36. The number of hydrogen-bond acceptors (Lipinski definition) is 4. The van der Waals surface area contributed by atoms with Crippen LogP contribution in [0.2, 0.25) is 0 Å². The lowest BCUT2D eigenvalue weighted by molar-refractivity contribution is 0.773. The first-order valence-corrected chi connectivity index (χ1v) is 5.16. The molecule has 0 amide bonds. The summed E-state index contributed by atoms with van der Waals surface area (Å²) in [5.74, 6) is 1.42. The minimum Gasteiger partial charge on any atom is -0.330 e. The molecule has 14 heavy (non-hydrogen) atoms. The van der Waals surface area contributed by atoms with Crippen LogP contribution < -0.4 is 5.73 Å². The van der Waals surface area contributed by atoms with E-state index in [1.165, 1.54) is 0 Å². The van der Waals surface area contributed by atoms with Gasteiger partial charge in [-0.05, 0) is 28.9 Å². The Bertz CT molecular complexity index is 438. The predicted molar refractivity (Wildman–Crippen MR) is 55.9 cm³/mol. The lowest BCUT2D eigenvalue weighted by atomic mass is 10.3. The fraction of sp³-hybridized carbons (Fsp3) is 0.375. The van der Waals surface area contributed by atoms with E-state index in [2.05, 4.69) is 31.0 Å². The van der Waals surface area contributed by atoms with Gasteiger partial charge in [0.15, 0.2) is 5.82 Å². The summed E-state index contributed by atoms with van der Waals surface area (Å²) in [6, 6.07) is 0. The minimum absolute atomic E-state index is 0.625. The highest BCUT2D eigenvalue weighted by Crippen LogP contribution is 2.08. The number of halogens is 1. The highest BCUT2D eigenvalue weighted by Gasteiger charge is 2.03. The number of aryl methyl sites for hydroxylation is 1. The molecule has 2 N–H and O–H groups in total. The van der Waals surface area contributed by atoms with Gasteiger partial charge in [-0.25, -0.2) is 9.50 Å². The zero-order valence-corrected chi connectivity index (χ0v) is 9.11. The molecule has 0 bridgehead atoms. The van der Waals surface area contributed by atoms with E-state index in [1.807, 2.05) is 6.20 Å². The Morgan fingerprint density at radius 3 is 3.14 bits per heavy atom. The van der Waals surface area contributed by atoms with Gasteiger partial charge < -0.3 is 5.73 Å². The summed E-state index contributed by atoms with van der Waals surface area (Å²) in [5.41, 5.74) is 5.41. The third-order valence-electron chi connectivity index (χ3n) is 1.81. The molecule has 0 unspecified atom stereocenters. The summed E-state index contributed by atoms with van der Waals surface area (Å²) in [6.45, 7) is 0.659. The quantitative estimate of drug-likeness (QED) is 0.880. The molecular formula is C8H10BrN5. The molecule has 2 aromatic rings. The number of aromatic nitrogens is 4. The number of rotatable bonds is 3. The summed E-state index contributed by atoms with van der Waals surface area (Å²) in [7, 11) is 0. The minimum atomic E-state index is 0.625. The number of hydrogen-bond donors (Lipinski definition) is 1. The van der Waals surface area contributed by atoms with E-state index in [1.54, 1.807) is 10.7 Å². The monoisotopic (exact) mass is 255 g/mol. The van der Waals surface area contributed by atoms with Gasteiger partial charge in [0.25, 0.3) is 5.78 Å². The summed E-state index contributed by atoms with van der Waals surface area (Å²) in [5, 5.41) is 4.27. The molecule has 0 saturated heterocycles. The van der Waals surface area contributed by atoms with Gasteiger partial charge in [-0.2, -0.15) is 4.98 Å². The Kier molecular flexibility index (Phi) is 2.74. The van der Waals surface area contributed by atoms with E-state index >= 15 is 0 Å². The molecule has 0 aliphatic carbocycles. The molecule has 0 saturated carbocycles. The number of fused-ring (bicyclic) bond motifs is 1. The SMILES string of the molecule is NCCCc1nc2ncc(Br)cn2n1.